The quantitative estimate of drug-likeness (QED) is 0.0955. The molecular weight excluding hydrogens is 878 g/mol. The summed E-state index contributed by atoms with van der Waals surface area (Å²) in [4.78, 5) is 84.4. The number of fused-ring (bicyclic) bond motifs is 1. The number of halogens is 1. The summed E-state index contributed by atoms with van der Waals surface area (Å²) in [5, 5.41) is 3.76. The highest BCUT2D eigenvalue weighted by molar-refractivity contribution is 9.10. The lowest BCUT2D eigenvalue weighted by Gasteiger charge is -2.28. The molecule has 13 heteroatoms. The predicted molar refractivity (Wildman–Crippen MR) is 246 cm³/mol. The number of hydrogen-bond acceptors (Lipinski definition) is 9. The van der Waals surface area contributed by atoms with Crippen LogP contribution in [-0.2, 0) is 44.7 Å². The van der Waals surface area contributed by atoms with Gasteiger partial charge < -0.3 is 29.0 Å². The van der Waals surface area contributed by atoms with Crippen LogP contribution < -0.4 is 5.32 Å². The van der Waals surface area contributed by atoms with Crippen molar-refractivity contribution in [1.29, 1.82) is 0 Å². The number of carbonyl (C=O) groups excluding carboxylic acids is 6. The molecule has 1 N–H and O–H groups in total. The third kappa shape index (κ3) is 10.8. The Morgan fingerprint density at radius 1 is 0.688 bits per heavy atom. The fourth-order valence-electron chi connectivity index (χ4n) is 8.75. The van der Waals surface area contributed by atoms with E-state index in [1.807, 2.05) is 91.0 Å². The Labute approximate surface area is 381 Å². The van der Waals surface area contributed by atoms with E-state index in [2.05, 4.69) is 21.2 Å². The molecule has 3 heterocycles. The average molecular weight is 933 g/mol. The monoisotopic (exact) mass is 931 g/mol. The van der Waals surface area contributed by atoms with Gasteiger partial charge in [-0.1, -0.05) is 66.7 Å². The van der Waals surface area contributed by atoms with Crippen LogP contribution in [0.4, 0.5) is 5.69 Å². The van der Waals surface area contributed by atoms with E-state index in [9.17, 15) is 28.8 Å². The molecule has 0 unspecified atom stereocenters. The summed E-state index contributed by atoms with van der Waals surface area (Å²) in [6.07, 6.45) is 1.63. The molecule has 0 aliphatic carbocycles. The molecule has 334 valence electrons. The van der Waals surface area contributed by atoms with E-state index >= 15 is 0 Å². The number of hydrogen-bond donors (Lipinski definition) is 1. The van der Waals surface area contributed by atoms with Crippen molar-refractivity contribution in [3.8, 4) is 11.3 Å². The van der Waals surface area contributed by atoms with Gasteiger partial charge in [-0.25, -0.2) is 0 Å². The van der Waals surface area contributed by atoms with Gasteiger partial charge in [0.05, 0.1) is 47.4 Å². The van der Waals surface area contributed by atoms with Crippen molar-refractivity contribution in [1.82, 2.24) is 9.80 Å². The van der Waals surface area contributed by atoms with E-state index < -0.39 is 35.9 Å². The molecule has 12 nitrogen and oxygen atoms in total. The molecule has 0 radical (unpaired) electrons. The molecule has 7 rings (SSSR count). The maximum atomic E-state index is 14.1. The van der Waals surface area contributed by atoms with Gasteiger partial charge in [0.2, 0.25) is 17.7 Å². The second kappa shape index (κ2) is 20.6. The van der Waals surface area contributed by atoms with Crippen LogP contribution in [-0.4, -0.2) is 82.6 Å². The molecule has 64 heavy (non-hydrogen) atoms. The molecule has 2 aliphatic heterocycles. The Morgan fingerprint density at radius 2 is 1.20 bits per heavy atom. The van der Waals surface area contributed by atoms with Gasteiger partial charge in [-0.05, 0) is 122 Å². The number of nitrogens with one attached hydrogen (secondary N) is 1. The molecule has 0 saturated carbocycles. The van der Waals surface area contributed by atoms with Crippen molar-refractivity contribution in [3.05, 3.63) is 124 Å². The van der Waals surface area contributed by atoms with Gasteiger partial charge in [0.25, 0.3) is 0 Å². The van der Waals surface area contributed by atoms with Crippen molar-refractivity contribution in [2.45, 2.75) is 109 Å². The van der Waals surface area contributed by atoms with E-state index in [1.165, 1.54) is 0 Å². The minimum absolute atomic E-state index is 0.0771. The zero-order chi connectivity index (χ0) is 45.5. The number of anilines is 1. The maximum absolute atomic E-state index is 14.1. The van der Waals surface area contributed by atoms with Crippen molar-refractivity contribution in [2.75, 3.05) is 18.4 Å². The molecule has 4 aromatic carbocycles. The maximum Gasteiger partial charge on any atom is 0.307 e. The van der Waals surface area contributed by atoms with Gasteiger partial charge in [-0.2, -0.15) is 0 Å². The van der Waals surface area contributed by atoms with E-state index in [4.69, 9.17) is 13.9 Å². The fraction of sp³-hybridized carbons (Fsp3) is 0.373. The van der Waals surface area contributed by atoms with Crippen LogP contribution >= 0.6 is 15.9 Å². The lowest BCUT2D eigenvalue weighted by Crippen LogP contribution is -2.45. The number of ether oxygens (including phenoxy) is 2. The highest BCUT2D eigenvalue weighted by atomic mass is 79.9. The summed E-state index contributed by atoms with van der Waals surface area (Å²) in [5.74, 6) is -2.82. The zero-order valence-electron chi connectivity index (χ0n) is 36.6. The number of benzene rings is 4. The van der Waals surface area contributed by atoms with Gasteiger partial charge in [0.1, 0.15) is 17.4 Å². The highest BCUT2D eigenvalue weighted by Gasteiger charge is 2.40. The number of esters is 2. The van der Waals surface area contributed by atoms with Crippen LogP contribution in [0.15, 0.2) is 112 Å². The average Bonchev–Trinajstić information content (AvgIpc) is 4.05. The number of nitrogens with zero attached hydrogens (tertiary/aromatic N) is 2. The van der Waals surface area contributed by atoms with Gasteiger partial charge >= 0.3 is 11.9 Å². The first kappa shape index (κ1) is 45.9. The van der Waals surface area contributed by atoms with Crippen molar-refractivity contribution < 1.29 is 42.7 Å². The normalized spacial score (nSPS) is 17.1. The first-order valence-electron chi connectivity index (χ1n) is 22.0. The number of furan rings is 1. The third-order valence-electron chi connectivity index (χ3n) is 11.7. The summed E-state index contributed by atoms with van der Waals surface area (Å²) in [6, 6.07) is 29.8. The molecule has 0 bridgehead atoms. The fourth-order valence-corrected chi connectivity index (χ4v) is 9.37. The van der Waals surface area contributed by atoms with E-state index in [-0.39, 0.29) is 55.0 Å². The minimum atomic E-state index is -0.778. The van der Waals surface area contributed by atoms with E-state index in [0.717, 1.165) is 16.5 Å². The number of ketones is 1. The Kier molecular flexibility index (Phi) is 14.8. The van der Waals surface area contributed by atoms with E-state index in [1.54, 1.807) is 49.6 Å². The largest absolute Gasteiger partial charge is 0.463 e. The Morgan fingerprint density at radius 3 is 1.73 bits per heavy atom. The number of amides is 3. The Hall–Kier alpha value is -6.08. The predicted octanol–water partition coefficient (Wildman–Crippen LogP) is 9.15. The van der Waals surface area contributed by atoms with Crippen molar-refractivity contribution in [3.63, 3.8) is 0 Å². The van der Waals surface area contributed by atoms with Crippen LogP contribution in [0, 0.1) is 0 Å². The third-order valence-corrected chi connectivity index (χ3v) is 12.5. The second-order valence-corrected chi connectivity index (χ2v) is 17.9. The van der Waals surface area contributed by atoms with Crippen LogP contribution in [0.5, 0.6) is 0 Å². The SMILES string of the molecule is CC(C)OC(=O)C[C@@H](C(=O)N1CCC[C@H]1C(=O)Cc1ccc2oc(-c3ccc(NC(=O)[C@@H]4CCCN4C(=O)[C@H](CC(=O)OC(C)C)c4ccccc4)cc3)c(Br)c2c1)c1ccccc1. The summed E-state index contributed by atoms with van der Waals surface area (Å²) in [5.41, 5.74) is 4.08. The number of carbonyl (C=O) groups is 6. The summed E-state index contributed by atoms with van der Waals surface area (Å²) in [7, 11) is 0. The molecule has 2 fully saturated rings. The lowest BCUT2D eigenvalue weighted by molar-refractivity contribution is -0.151. The van der Waals surface area contributed by atoms with Gasteiger partial charge in [-0.3, -0.25) is 28.8 Å². The number of rotatable bonds is 16. The van der Waals surface area contributed by atoms with Crippen LogP contribution in [0.25, 0.3) is 22.3 Å². The molecule has 3 amide bonds. The first-order chi connectivity index (χ1) is 30.8. The van der Waals surface area contributed by atoms with Crippen LogP contribution in [0.3, 0.4) is 0 Å². The van der Waals surface area contributed by atoms with Crippen molar-refractivity contribution in [2.24, 2.45) is 0 Å². The first-order valence-corrected chi connectivity index (χ1v) is 22.8. The molecule has 1 aromatic heterocycles. The molecule has 2 saturated heterocycles. The lowest BCUT2D eigenvalue weighted by atomic mass is 9.93. The minimum Gasteiger partial charge on any atom is -0.463 e. The number of Topliss-reactive ketones (excluding diaryl/α,β-unsaturated/α-hetero) is 1. The van der Waals surface area contributed by atoms with Crippen LogP contribution in [0.1, 0.15) is 94.7 Å². The molecular formula is C51H54BrN3O9. The molecule has 5 aromatic rings. The topological polar surface area (TPSA) is 153 Å². The molecule has 4 atom stereocenters. The van der Waals surface area contributed by atoms with Gasteiger partial charge in [-0.15, -0.1) is 0 Å². The van der Waals surface area contributed by atoms with E-state index in [0.29, 0.717) is 71.4 Å². The number of likely N-dealkylation sites (tertiary alicyclic amines) is 2. The summed E-state index contributed by atoms with van der Waals surface area (Å²) < 4.78 is 17.8. The molecule has 0 spiro atoms. The Bertz CT molecular complexity index is 2490. The van der Waals surface area contributed by atoms with Gasteiger partial charge in [0, 0.05) is 36.1 Å². The Balaban J connectivity index is 1.01. The summed E-state index contributed by atoms with van der Waals surface area (Å²) >= 11 is 3.73. The standard InChI is InChI=1S/C51H54BrN3O9/c1-31(2)62-45(57)29-38(34-13-7-5-8-14-34)50(60)54-25-11-17-41(54)43(56)28-33-19-24-44-40(27-33)47(52)48(64-44)36-20-22-37(23-21-36)53-49(59)42-18-12-26-55(42)51(61)39(30-46(58)63-32(3)4)35-15-9-6-10-16-35/h5-10,13-16,19-24,27,31-32,38-39,41-42H,11-12,17-18,25-26,28-30H2,1-4H3,(H,53,59)/t38-,39-,41+,42+/m1/s1. The highest BCUT2D eigenvalue weighted by Crippen LogP contribution is 2.39. The van der Waals surface area contributed by atoms with Gasteiger partial charge in [0.15, 0.2) is 5.78 Å². The van der Waals surface area contributed by atoms with Crippen LogP contribution in [0.2, 0.25) is 0 Å². The van der Waals surface area contributed by atoms with Crippen molar-refractivity contribution >= 4 is 68.0 Å². The smallest absolute Gasteiger partial charge is 0.307 e. The second-order valence-electron chi connectivity index (χ2n) is 17.1. The zero-order valence-corrected chi connectivity index (χ0v) is 38.2. The summed E-state index contributed by atoms with van der Waals surface area (Å²) in [6.45, 7) is 7.90. The molecule has 2 aliphatic rings.